The smallest absolute Gasteiger partial charge is 0.236 e. The molecular formula is C16H27NO3. The van der Waals surface area contributed by atoms with Gasteiger partial charge in [-0.25, -0.2) is 0 Å². The maximum Gasteiger partial charge on any atom is 0.236 e. The Morgan fingerprint density at radius 2 is 1.65 bits per heavy atom. The normalized spacial score (nSPS) is 23.4. The zero-order chi connectivity index (χ0) is 14.8. The van der Waals surface area contributed by atoms with Crippen LogP contribution in [0.5, 0.6) is 0 Å². The lowest BCUT2D eigenvalue weighted by Crippen LogP contribution is -2.46. The molecule has 2 amide bonds. The first-order valence-electron chi connectivity index (χ1n) is 8.03. The van der Waals surface area contributed by atoms with Crippen LogP contribution in [0.1, 0.15) is 71.6 Å². The van der Waals surface area contributed by atoms with Crippen LogP contribution >= 0.6 is 0 Å². The molecule has 1 aliphatic heterocycles. The number of amides is 2. The first-order valence-corrected chi connectivity index (χ1v) is 8.03. The summed E-state index contributed by atoms with van der Waals surface area (Å²) in [5, 5.41) is 10.4. The van der Waals surface area contributed by atoms with Crippen molar-refractivity contribution in [3.63, 3.8) is 0 Å². The topological polar surface area (TPSA) is 57.6 Å². The van der Waals surface area contributed by atoms with Crippen molar-refractivity contribution in [2.24, 2.45) is 5.41 Å². The van der Waals surface area contributed by atoms with Crippen LogP contribution in [0, 0.1) is 5.41 Å². The van der Waals surface area contributed by atoms with E-state index in [-0.39, 0.29) is 18.4 Å². The quantitative estimate of drug-likeness (QED) is 0.806. The van der Waals surface area contributed by atoms with E-state index in [1.165, 1.54) is 4.90 Å². The highest BCUT2D eigenvalue weighted by Gasteiger charge is 2.52. The van der Waals surface area contributed by atoms with Gasteiger partial charge < -0.3 is 5.11 Å². The summed E-state index contributed by atoms with van der Waals surface area (Å²) in [6, 6.07) is 0. The first-order chi connectivity index (χ1) is 9.46. The van der Waals surface area contributed by atoms with E-state index >= 15 is 0 Å². The number of likely N-dealkylation sites (tertiary alicyclic amines) is 1. The second-order valence-corrected chi connectivity index (χ2v) is 6.59. The van der Waals surface area contributed by atoms with Gasteiger partial charge in [-0.05, 0) is 25.7 Å². The van der Waals surface area contributed by atoms with E-state index in [9.17, 15) is 14.7 Å². The summed E-state index contributed by atoms with van der Waals surface area (Å²) < 4.78 is 0. The van der Waals surface area contributed by atoms with Gasteiger partial charge >= 0.3 is 0 Å². The molecule has 1 spiro atoms. The maximum atomic E-state index is 12.7. The minimum absolute atomic E-state index is 0.0234. The molecule has 114 valence electrons. The van der Waals surface area contributed by atoms with Crippen LogP contribution in [-0.4, -0.2) is 34.0 Å². The van der Waals surface area contributed by atoms with E-state index in [0.717, 1.165) is 38.5 Å². The molecule has 1 saturated carbocycles. The van der Waals surface area contributed by atoms with E-state index in [2.05, 4.69) is 0 Å². The summed E-state index contributed by atoms with van der Waals surface area (Å²) in [5.41, 5.74) is -1.38. The summed E-state index contributed by atoms with van der Waals surface area (Å²) in [4.78, 5) is 26.4. The van der Waals surface area contributed by atoms with E-state index in [0.29, 0.717) is 19.3 Å². The highest BCUT2D eigenvalue weighted by atomic mass is 16.3. The predicted molar refractivity (Wildman–Crippen MR) is 77.0 cm³/mol. The molecule has 2 aliphatic rings. The summed E-state index contributed by atoms with van der Waals surface area (Å²) in [6.45, 7) is 3.96. The average molecular weight is 281 g/mol. The fourth-order valence-electron chi connectivity index (χ4n) is 3.58. The first kappa shape index (κ1) is 15.5. The van der Waals surface area contributed by atoms with Crippen molar-refractivity contribution in [3.05, 3.63) is 0 Å². The largest absolute Gasteiger partial charge is 0.388 e. The number of β-amino-alcohol motifs (C(OH)–C–C–N with tert-alkyl or cyclic N) is 1. The number of carbonyl (C=O) groups is 2. The lowest BCUT2D eigenvalue weighted by atomic mass is 9.79. The highest BCUT2D eigenvalue weighted by molar-refractivity contribution is 6.06. The van der Waals surface area contributed by atoms with E-state index in [4.69, 9.17) is 0 Å². The van der Waals surface area contributed by atoms with Gasteiger partial charge in [0.15, 0.2) is 0 Å². The van der Waals surface area contributed by atoms with Crippen LogP contribution in [0.4, 0.5) is 0 Å². The molecule has 1 heterocycles. The van der Waals surface area contributed by atoms with E-state index in [1.807, 2.05) is 13.8 Å². The molecule has 0 aromatic carbocycles. The van der Waals surface area contributed by atoms with E-state index in [1.54, 1.807) is 0 Å². The van der Waals surface area contributed by atoms with Crippen LogP contribution in [-0.2, 0) is 9.59 Å². The third kappa shape index (κ3) is 2.76. The second kappa shape index (κ2) is 5.84. The molecule has 4 heteroatoms. The van der Waals surface area contributed by atoms with Gasteiger partial charge in [0.1, 0.15) is 0 Å². The van der Waals surface area contributed by atoms with Gasteiger partial charge in [0.05, 0.1) is 17.6 Å². The molecule has 0 radical (unpaired) electrons. The molecule has 2 fully saturated rings. The number of carbonyl (C=O) groups excluding carboxylic acids is 2. The average Bonchev–Trinajstić information content (AvgIpc) is 2.65. The molecule has 0 bridgehead atoms. The Balaban J connectivity index is 2.16. The van der Waals surface area contributed by atoms with Crippen molar-refractivity contribution < 1.29 is 14.7 Å². The third-order valence-corrected chi connectivity index (χ3v) is 5.32. The lowest BCUT2D eigenvalue weighted by Gasteiger charge is -2.31. The van der Waals surface area contributed by atoms with Crippen LogP contribution in [0.15, 0.2) is 0 Å². The van der Waals surface area contributed by atoms with Gasteiger partial charge in [-0.15, -0.1) is 0 Å². The summed E-state index contributed by atoms with van der Waals surface area (Å²) in [6.07, 6.45) is 7.57. The van der Waals surface area contributed by atoms with Gasteiger partial charge in [-0.3, -0.25) is 14.5 Å². The lowest BCUT2D eigenvalue weighted by molar-refractivity contribution is -0.146. The number of hydrogen-bond acceptors (Lipinski definition) is 3. The summed E-state index contributed by atoms with van der Waals surface area (Å²) >= 11 is 0. The summed E-state index contributed by atoms with van der Waals surface area (Å²) in [7, 11) is 0. The van der Waals surface area contributed by atoms with Gasteiger partial charge in [-0.1, -0.05) is 39.5 Å². The predicted octanol–water partition coefficient (Wildman–Crippen LogP) is 2.64. The Bertz CT molecular complexity index is 379. The minimum atomic E-state index is -0.929. The third-order valence-electron chi connectivity index (χ3n) is 5.32. The number of rotatable bonds is 4. The zero-order valence-electron chi connectivity index (χ0n) is 12.8. The fourth-order valence-corrected chi connectivity index (χ4v) is 3.58. The van der Waals surface area contributed by atoms with Crippen molar-refractivity contribution in [3.8, 4) is 0 Å². The highest BCUT2D eigenvalue weighted by Crippen LogP contribution is 2.44. The van der Waals surface area contributed by atoms with Crippen LogP contribution in [0.3, 0.4) is 0 Å². The summed E-state index contributed by atoms with van der Waals surface area (Å²) in [5.74, 6) is -0.109. The molecule has 20 heavy (non-hydrogen) atoms. The fraction of sp³-hybridized carbons (Fsp3) is 0.875. The van der Waals surface area contributed by atoms with Crippen LogP contribution in [0.2, 0.25) is 0 Å². The Hall–Kier alpha value is -0.900. The Morgan fingerprint density at radius 1 is 1.10 bits per heavy atom. The molecule has 2 rings (SSSR count). The van der Waals surface area contributed by atoms with Crippen LogP contribution < -0.4 is 0 Å². The van der Waals surface area contributed by atoms with Gasteiger partial charge in [-0.2, -0.15) is 0 Å². The number of hydrogen-bond donors (Lipinski definition) is 1. The van der Waals surface area contributed by atoms with Crippen molar-refractivity contribution >= 4 is 11.8 Å². The van der Waals surface area contributed by atoms with Crippen molar-refractivity contribution in [1.82, 2.24) is 4.90 Å². The van der Waals surface area contributed by atoms with Gasteiger partial charge in [0, 0.05) is 6.42 Å². The minimum Gasteiger partial charge on any atom is -0.388 e. The number of aliphatic hydroxyl groups is 1. The number of nitrogens with zero attached hydrogens (tertiary/aromatic N) is 1. The van der Waals surface area contributed by atoms with Crippen molar-refractivity contribution in [1.29, 1.82) is 0 Å². The second-order valence-electron chi connectivity index (χ2n) is 6.59. The molecular weight excluding hydrogens is 254 g/mol. The molecule has 4 nitrogen and oxygen atoms in total. The Kier molecular flexibility index (Phi) is 4.52. The maximum absolute atomic E-state index is 12.7. The molecule has 1 N–H and O–H groups in total. The molecule has 0 aromatic rings. The van der Waals surface area contributed by atoms with Crippen LogP contribution in [0.25, 0.3) is 0 Å². The molecule has 1 aliphatic carbocycles. The Morgan fingerprint density at radius 3 is 2.15 bits per heavy atom. The van der Waals surface area contributed by atoms with Crippen molar-refractivity contribution in [2.75, 3.05) is 6.54 Å². The van der Waals surface area contributed by atoms with Crippen molar-refractivity contribution in [2.45, 2.75) is 77.2 Å². The number of imide groups is 1. The molecule has 0 atom stereocenters. The standard InChI is InChI=1S/C16H27NO3/c1-3-16(20,4-2)12-17-13(18)11-15(14(17)19)9-7-5-6-8-10-15/h20H,3-12H2,1-2H3. The molecule has 0 unspecified atom stereocenters. The monoisotopic (exact) mass is 281 g/mol. The van der Waals surface area contributed by atoms with Gasteiger partial charge in [0.2, 0.25) is 11.8 Å². The Labute approximate surface area is 121 Å². The van der Waals surface area contributed by atoms with Gasteiger partial charge in [0.25, 0.3) is 0 Å². The zero-order valence-corrected chi connectivity index (χ0v) is 12.8. The van der Waals surface area contributed by atoms with E-state index < -0.39 is 11.0 Å². The SMILES string of the molecule is CCC(O)(CC)CN1C(=O)CC2(CCCCCC2)C1=O. The molecule has 1 saturated heterocycles. The molecule has 0 aromatic heterocycles.